The minimum Gasteiger partial charge on any atom is -0.508 e. The minimum atomic E-state index is -3.94. The molecule has 0 fully saturated rings. The highest BCUT2D eigenvalue weighted by Gasteiger charge is 2.28. The van der Waals surface area contributed by atoms with E-state index in [0.29, 0.717) is 18.7 Å². The summed E-state index contributed by atoms with van der Waals surface area (Å²) in [6, 6.07) is 17.5. The number of likely N-dealkylation sites (N-methyl/N-ethyl adjacent to an activating group) is 1. The molecule has 0 aliphatic rings. The van der Waals surface area contributed by atoms with Crippen molar-refractivity contribution in [3.63, 3.8) is 0 Å². The molecule has 3 amide bonds. The maximum Gasteiger partial charge on any atom is 0.253 e. The molecule has 0 aliphatic heterocycles. The van der Waals surface area contributed by atoms with E-state index < -0.39 is 28.1 Å². The summed E-state index contributed by atoms with van der Waals surface area (Å²) >= 11 is 0. The highest BCUT2D eigenvalue weighted by atomic mass is 32.2. The molecule has 3 aromatic carbocycles. The molecule has 0 spiro atoms. The van der Waals surface area contributed by atoms with Crippen LogP contribution >= 0.6 is 0 Å². The topological polar surface area (TPSA) is 160 Å². The van der Waals surface area contributed by atoms with Crippen LogP contribution in [0.4, 0.5) is 0 Å². The Morgan fingerprint density at radius 1 is 0.812 bits per heavy atom. The molecule has 12 nitrogen and oxygen atoms in total. The Bertz CT molecular complexity index is 1630. The fourth-order valence-electron chi connectivity index (χ4n) is 5.13. The van der Waals surface area contributed by atoms with Crippen molar-refractivity contribution in [2.75, 3.05) is 40.3 Å². The number of nitrogens with zero attached hydrogens (tertiary/aromatic N) is 3. The van der Waals surface area contributed by atoms with Gasteiger partial charge in [0.1, 0.15) is 5.75 Å². The lowest BCUT2D eigenvalue weighted by Crippen LogP contribution is -2.53. The molecule has 48 heavy (non-hydrogen) atoms. The molecular weight excluding hydrogens is 634 g/mol. The van der Waals surface area contributed by atoms with Crippen molar-refractivity contribution < 1.29 is 33.0 Å². The van der Waals surface area contributed by atoms with Gasteiger partial charge in [0.25, 0.3) is 27.7 Å². The van der Waals surface area contributed by atoms with E-state index in [1.54, 1.807) is 56.3 Å². The molecule has 2 atom stereocenters. The highest BCUT2D eigenvalue weighted by Crippen LogP contribution is 2.18. The van der Waals surface area contributed by atoms with E-state index >= 15 is 0 Å². The van der Waals surface area contributed by atoms with Gasteiger partial charge in [-0.25, -0.2) is 13.4 Å². The van der Waals surface area contributed by atoms with Crippen molar-refractivity contribution in [3.8, 4) is 5.75 Å². The number of benzene rings is 3. The summed E-state index contributed by atoms with van der Waals surface area (Å²) in [5, 5.41) is 25.5. The summed E-state index contributed by atoms with van der Waals surface area (Å²) in [7, 11) is -0.791. The van der Waals surface area contributed by atoms with Gasteiger partial charge in [-0.05, 0) is 67.3 Å². The third-order valence-electron chi connectivity index (χ3n) is 7.63. The highest BCUT2D eigenvalue weighted by molar-refractivity contribution is 7.89. The lowest BCUT2D eigenvalue weighted by Gasteiger charge is -2.30. The standard InChI is InChI=1S/C35H47N5O7S/c1-6-18-39(19-7-2)35(45)28-22-26(21-27(23-28)34(44)38(4)5)33(43)36-31(20-25-14-16-29(41)17-15-25)32(42)24-40(8-3)37-48(46,47)30-12-10-9-11-13-30/h9-17,21-23,31-32,37,41-42H,6-8,18-20,24H2,1-5H3,(H,36,43). The molecule has 0 aliphatic carbocycles. The number of hydrogen-bond donors (Lipinski definition) is 4. The van der Waals surface area contributed by atoms with Crippen molar-refractivity contribution in [1.82, 2.24) is 25.0 Å². The summed E-state index contributed by atoms with van der Waals surface area (Å²) in [6.45, 7) is 6.71. The first kappa shape index (κ1) is 38.2. The Kier molecular flexibility index (Phi) is 14.1. The van der Waals surface area contributed by atoms with Crippen LogP contribution in [-0.4, -0.2) is 104 Å². The first-order valence-corrected chi connectivity index (χ1v) is 17.5. The number of hydrazine groups is 1. The summed E-state index contributed by atoms with van der Waals surface area (Å²) in [6.07, 6.45) is 0.322. The lowest BCUT2D eigenvalue weighted by molar-refractivity contribution is 0.0635. The monoisotopic (exact) mass is 681 g/mol. The molecule has 0 saturated carbocycles. The van der Waals surface area contributed by atoms with E-state index in [4.69, 9.17) is 0 Å². The molecule has 3 aromatic rings. The van der Waals surface area contributed by atoms with Crippen LogP contribution in [0, 0.1) is 0 Å². The molecule has 13 heteroatoms. The van der Waals surface area contributed by atoms with Gasteiger partial charge in [0.2, 0.25) is 0 Å². The van der Waals surface area contributed by atoms with Crippen molar-refractivity contribution in [2.45, 2.75) is 57.1 Å². The number of carbonyl (C=O) groups is 3. The van der Waals surface area contributed by atoms with Crippen LogP contribution in [-0.2, 0) is 16.4 Å². The molecule has 4 N–H and O–H groups in total. The van der Waals surface area contributed by atoms with Crippen LogP contribution in [0.25, 0.3) is 0 Å². The van der Waals surface area contributed by atoms with Crippen molar-refractivity contribution in [2.24, 2.45) is 0 Å². The number of phenols is 1. The summed E-state index contributed by atoms with van der Waals surface area (Å²) < 4.78 is 26.0. The number of aliphatic hydroxyl groups excluding tert-OH is 1. The molecule has 0 bridgehead atoms. The van der Waals surface area contributed by atoms with E-state index in [1.165, 1.54) is 52.4 Å². The average molecular weight is 682 g/mol. The third kappa shape index (κ3) is 10.6. The lowest BCUT2D eigenvalue weighted by atomic mass is 9.99. The number of amides is 3. The Labute approximate surface area is 283 Å². The molecular formula is C35H47N5O7S. The number of hydrogen-bond acceptors (Lipinski definition) is 8. The molecule has 0 aromatic heterocycles. The molecule has 260 valence electrons. The molecule has 0 saturated heterocycles. The number of nitrogens with one attached hydrogen (secondary N) is 2. The first-order chi connectivity index (χ1) is 22.8. The zero-order chi connectivity index (χ0) is 35.4. The number of carbonyl (C=O) groups excluding carboxylic acids is 3. The van der Waals surface area contributed by atoms with Gasteiger partial charge in [-0.15, -0.1) is 4.83 Å². The Morgan fingerprint density at radius 3 is 1.92 bits per heavy atom. The minimum absolute atomic E-state index is 0.0483. The number of sulfonamides is 1. The predicted molar refractivity (Wildman–Crippen MR) is 184 cm³/mol. The smallest absolute Gasteiger partial charge is 0.253 e. The second-order valence-corrected chi connectivity index (χ2v) is 13.4. The number of aliphatic hydroxyl groups is 1. The second-order valence-electron chi connectivity index (χ2n) is 11.8. The molecule has 2 unspecified atom stereocenters. The fraction of sp³-hybridized carbons (Fsp3) is 0.400. The van der Waals surface area contributed by atoms with Crippen LogP contribution in [0.1, 0.15) is 70.3 Å². The predicted octanol–water partition coefficient (Wildman–Crippen LogP) is 3.27. The van der Waals surface area contributed by atoms with Crippen molar-refractivity contribution in [3.05, 3.63) is 95.1 Å². The van der Waals surface area contributed by atoms with Gasteiger partial charge in [-0.3, -0.25) is 14.4 Å². The Morgan fingerprint density at radius 2 is 1.38 bits per heavy atom. The van der Waals surface area contributed by atoms with Gasteiger partial charge in [0.05, 0.1) is 17.0 Å². The normalized spacial score (nSPS) is 12.7. The Hall–Kier alpha value is -4.30. The van der Waals surface area contributed by atoms with Gasteiger partial charge in [-0.2, -0.15) is 0 Å². The first-order valence-electron chi connectivity index (χ1n) is 16.0. The second kappa shape index (κ2) is 17.7. The number of rotatable bonds is 17. The van der Waals surface area contributed by atoms with Gasteiger partial charge in [0, 0.05) is 57.0 Å². The zero-order valence-electron chi connectivity index (χ0n) is 28.2. The third-order valence-corrected chi connectivity index (χ3v) is 9.03. The Balaban J connectivity index is 1.96. The maximum atomic E-state index is 13.9. The summed E-state index contributed by atoms with van der Waals surface area (Å²) in [5.74, 6) is -1.27. The summed E-state index contributed by atoms with van der Waals surface area (Å²) in [5.41, 5.74) is 1.09. The SMILES string of the molecule is CCCN(CCC)C(=O)c1cc(C(=O)NC(Cc2ccc(O)cc2)C(O)CN(CC)NS(=O)(=O)c2ccccc2)cc(C(=O)N(C)C)c1. The number of aromatic hydroxyl groups is 1. The largest absolute Gasteiger partial charge is 0.508 e. The molecule has 3 rings (SSSR count). The van der Waals surface area contributed by atoms with Gasteiger partial charge in [0.15, 0.2) is 0 Å². The van der Waals surface area contributed by atoms with Crippen LogP contribution in [0.3, 0.4) is 0 Å². The average Bonchev–Trinajstić information content (AvgIpc) is 3.07. The molecule has 0 heterocycles. The van der Waals surface area contributed by atoms with E-state index in [-0.39, 0.29) is 58.7 Å². The quantitative estimate of drug-likeness (QED) is 0.158. The van der Waals surface area contributed by atoms with Crippen molar-refractivity contribution in [1.29, 1.82) is 0 Å². The van der Waals surface area contributed by atoms with Crippen LogP contribution < -0.4 is 10.1 Å². The molecule has 0 radical (unpaired) electrons. The zero-order valence-corrected chi connectivity index (χ0v) is 29.0. The van der Waals surface area contributed by atoms with E-state index in [0.717, 1.165) is 12.8 Å². The van der Waals surface area contributed by atoms with Crippen LogP contribution in [0.2, 0.25) is 0 Å². The van der Waals surface area contributed by atoms with Crippen molar-refractivity contribution >= 4 is 27.7 Å². The van der Waals surface area contributed by atoms with Crippen LogP contribution in [0.15, 0.2) is 77.7 Å². The van der Waals surface area contributed by atoms with Gasteiger partial charge >= 0.3 is 0 Å². The van der Waals surface area contributed by atoms with Gasteiger partial charge < -0.3 is 25.3 Å². The fourth-order valence-corrected chi connectivity index (χ4v) is 6.29. The summed E-state index contributed by atoms with van der Waals surface area (Å²) in [4.78, 5) is 46.1. The maximum absolute atomic E-state index is 13.9. The van der Waals surface area contributed by atoms with Gasteiger partial charge in [-0.1, -0.05) is 51.1 Å². The van der Waals surface area contributed by atoms with Crippen LogP contribution in [0.5, 0.6) is 5.75 Å². The number of phenolic OH excluding ortho intramolecular Hbond substituents is 1. The van der Waals surface area contributed by atoms with E-state index in [9.17, 15) is 33.0 Å². The van der Waals surface area contributed by atoms with E-state index in [1.807, 2.05) is 13.8 Å². The van der Waals surface area contributed by atoms with E-state index in [2.05, 4.69) is 10.1 Å².